The summed E-state index contributed by atoms with van der Waals surface area (Å²) in [5.41, 5.74) is -4.86. The molecule has 0 heterocycles. The Morgan fingerprint density at radius 1 is 0.722 bits per heavy atom. The van der Waals surface area contributed by atoms with E-state index in [0.717, 1.165) is 0 Å². The molecule has 2 fully saturated rings. The minimum absolute atomic E-state index is 0.221. The smallest absolute Gasteiger partial charge is 0.148 e. The number of carbonyl (C=O) groups is 2. The lowest BCUT2D eigenvalue weighted by Crippen LogP contribution is -2.51. The van der Waals surface area contributed by atoms with Crippen molar-refractivity contribution in [1.82, 2.24) is 0 Å². The third-order valence-corrected chi connectivity index (χ3v) is 5.87. The molecule has 4 atom stereocenters. The Labute approximate surface area is 107 Å². The van der Waals surface area contributed by atoms with Gasteiger partial charge in [-0.2, -0.15) is 0 Å². The van der Waals surface area contributed by atoms with Crippen LogP contribution < -0.4 is 0 Å². The molecule has 4 heteroatoms. The molecule has 2 aliphatic rings. The largest absolute Gasteiger partial charge is 0.388 e. The molecule has 0 aromatic rings. The quantitative estimate of drug-likeness (QED) is 0.674. The van der Waals surface area contributed by atoms with E-state index in [1.54, 1.807) is 27.7 Å². The molecular formula is C14H22O4. The van der Waals surface area contributed by atoms with Gasteiger partial charge in [-0.15, -0.1) is 0 Å². The van der Waals surface area contributed by atoms with Crippen LogP contribution in [-0.2, 0) is 9.59 Å². The zero-order valence-corrected chi connectivity index (χ0v) is 11.9. The molecule has 2 N–H and O–H groups in total. The Morgan fingerprint density at radius 2 is 0.944 bits per heavy atom. The highest BCUT2D eigenvalue weighted by Gasteiger charge is 2.76. The Hall–Kier alpha value is -0.740. The van der Waals surface area contributed by atoms with Crippen molar-refractivity contribution in [2.45, 2.75) is 52.7 Å². The SMILES string of the molecule is CC1(C)C(=O)[C@H]2[C@H](C(=O)C(C)(C)[C@@]2(C)O)[C@]1(C)O. The summed E-state index contributed by atoms with van der Waals surface area (Å²) in [5, 5.41) is 21.3. The minimum atomic E-state index is -1.41. The first-order valence-corrected chi connectivity index (χ1v) is 6.34. The van der Waals surface area contributed by atoms with Crippen molar-refractivity contribution in [3.8, 4) is 0 Å². The average molecular weight is 254 g/mol. The van der Waals surface area contributed by atoms with E-state index in [1.807, 2.05) is 0 Å². The van der Waals surface area contributed by atoms with E-state index in [-0.39, 0.29) is 11.6 Å². The maximum absolute atomic E-state index is 12.5. The normalized spacial score (nSPS) is 49.6. The molecule has 0 spiro atoms. The fourth-order valence-electron chi connectivity index (χ4n) is 3.52. The van der Waals surface area contributed by atoms with E-state index < -0.39 is 33.9 Å². The van der Waals surface area contributed by atoms with Crippen molar-refractivity contribution in [3.05, 3.63) is 0 Å². The predicted octanol–water partition coefficient (Wildman–Crippen LogP) is 0.939. The Kier molecular flexibility index (Phi) is 2.32. The van der Waals surface area contributed by atoms with Gasteiger partial charge in [0.25, 0.3) is 0 Å². The van der Waals surface area contributed by atoms with Gasteiger partial charge in [0.15, 0.2) is 0 Å². The molecule has 2 aliphatic carbocycles. The molecular weight excluding hydrogens is 232 g/mol. The molecule has 2 rings (SSSR count). The summed E-state index contributed by atoms with van der Waals surface area (Å²) in [6.07, 6.45) is 0. The lowest BCUT2D eigenvalue weighted by Gasteiger charge is -2.38. The number of ketones is 2. The first-order valence-electron chi connectivity index (χ1n) is 6.34. The van der Waals surface area contributed by atoms with Crippen LogP contribution in [0.1, 0.15) is 41.5 Å². The van der Waals surface area contributed by atoms with Crippen molar-refractivity contribution in [1.29, 1.82) is 0 Å². The zero-order valence-electron chi connectivity index (χ0n) is 11.9. The van der Waals surface area contributed by atoms with Crippen LogP contribution in [0.5, 0.6) is 0 Å². The standard InChI is InChI=1S/C14H22O4/c1-11(2)9(15)7-8(13(11,5)17)10(16)12(3,4)14(7,6)18/h7-8,17-18H,1-6H3/t7-,8-,13+,14+/m1/s1. The summed E-state index contributed by atoms with van der Waals surface area (Å²) in [7, 11) is 0. The summed E-state index contributed by atoms with van der Waals surface area (Å²) in [6.45, 7) is 9.64. The molecule has 0 amide bonds. The third-order valence-electron chi connectivity index (χ3n) is 5.87. The van der Waals surface area contributed by atoms with Gasteiger partial charge in [-0.3, -0.25) is 9.59 Å². The molecule has 102 valence electrons. The van der Waals surface area contributed by atoms with Crippen LogP contribution in [0.4, 0.5) is 0 Å². The molecule has 18 heavy (non-hydrogen) atoms. The van der Waals surface area contributed by atoms with E-state index >= 15 is 0 Å². The van der Waals surface area contributed by atoms with E-state index in [1.165, 1.54) is 13.8 Å². The Bertz CT molecular complexity index is 401. The molecule has 2 saturated carbocycles. The maximum Gasteiger partial charge on any atom is 0.148 e. The summed E-state index contributed by atoms with van der Waals surface area (Å²) >= 11 is 0. The minimum Gasteiger partial charge on any atom is -0.388 e. The lowest BCUT2D eigenvalue weighted by atomic mass is 9.68. The number of hydrogen-bond donors (Lipinski definition) is 2. The highest BCUT2D eigenvalue weighted by molar-refractivity contribution is 6.05. The van der Waals surface area contributed by atoms with Crippen molar-refractivity contribution in [2.24, 2.45) is 22.7 Å². The summed E-state index contributed by atoms with van der Waals surface area (Å²) in [5.74, 6) is -2.07. The van der Waals surface area contributed by atoms with E-state index in [2.05, 4.69) is 0 Å². The van der Waals surface area contributed by atoms with Gasteiger partial charge in [-0.1, -0.05) is 27.7 Å². The average Bonchev–Trinajstić information content (AvgIpc) is 2.42. The van der Waals surface area contributed by atoms with Gasteiger partial charge in [0.05, 0.1) is 33.9 Å². The summed E-state index contributed by atoms with van der Waals surface area (Å²) in [4.78, 5) is 25.0. The number of rotatable bonds is 0. The van der Waals surface area contributed by atoms with E-state index in [4.69, 9.17) is 0 Å². The maximum atomic E-state index is 12.5. The second-order valence-electron chi connectivity index (χ2n) is 7.23. The summed E-state index contributed by atoms with van der Waals surface area (Å²) in [6, 6.07) is 0. The predicted molar refractivity (Wildman–Crippen MR) is 65.8 cm³/mol. The van der Waals surface area contributed by atoms with Gasteiger partial charge in [0, 0.05) is 0 Å². The number of fused-ring (bicyclic) bond motifs is 1. The fourth-order valence-corrected chi connectivity index (χ4v) is 3.52. The van der Waals surface area contributed by atoms with Crippen molar-refractivity contribution in [3.63, 3.8) is 0 Å². The number of hydrogen-bond acceptors (Lipinski definition) is 4. The summed E-state index contributed by atoms with van der Waals surface area (Å²) < 4.78 is 0. The van der Waals surface area contributed by atoms with Crippen LogP contribution >= 0.6 is 0 Å². The van der Waals surface area contributed by atoms with Crippen LogP contribution in [-0.4, -0.2) is 33.0 Å². The van der Waals surface area contributed by atoms with Crippen LogP contribution in [0, 0.1) is 22.7 Å². The van der Waals surface area contributed by atoms with Gasteiger partial charge in [0.2, 0.25) is 0 Å². The molecule has 0 aliphatic heterocycles. The highest BCUT2D eigenvalue weighted by Crippen LogP contribution is 2.62. The molecule has 0 unspecified atom stereocenters. The van der Waals surface area contributed by atoms with Crippen LogP contribution in [0.25, 0.3) is 0 Å². The monoisotopic (exact) mass is 254 g/mol. The number of carbonyl (C=O) groups excluding carboxylic acids is 2. The van der Waals surface area contributed by atoms with Crippen LogP contribution in [0.3, 0.4) is 0 Å². The zero-order chi connectivity index (χ0) is 14.3. The van der Waals surface area contributed by atoms with Crippen molar-refractivity contribution < 1.29 is 19.8 Å². The molecule has 0 aromatic heterocycles. The molecule has 0 bridgehead atoms. The second-order valence-corrected chi connectivity index (χ2v) is 7.23. The fraction of sp³-hybridized carbons (Fsp3) is 0.857. The molecule has 0 saturated heterocycles. The first kappa shape index (κ1) is 13.7. The Balaban J connectivity index is 2.69. The Morgan fingerprint density at radius 3 is 1.17 bits per heavy atom. The van der Waals surface area contributed by atoms with Gasteiger partial charge in [-0.05, 0) is 13.8 Å². The third kappa shape index (κ3) is 1.09. The van der Waals surface area contributed by atoms with Gasteiger partial charge >= 0.3 is 0 Å². The van der Waals surface area contributed by atoms with Gasteiger partial charge in [0.1, 0.15) is 11.6 Å². The van der Waals surface area contributed by atoms with E-state index in [9.17, 15) is 19.8 Å². The van der Waals surface area contributed by atoms with E-state index in [0.29, 0.717) is 0 Å². The topological polar surface area (TPSA) is 74.6 Å². The van der Waals surface area contributed by atoms with Crippen LogP contribution in [0.15, 0.2) is 0 Å². The van der Waals surface area contributed by atoms with Crippen molar-refractivity contribution >= 4 is 11.6 Å². The van der Waals surface area contributed by atoms with Gasteiger partial charge < -0.3 is 10.2 Å². The number of Topliss-reactive ketones (excluding diaryl/α,β-unsaturated/α-hetero) is 2. The molecule has 0 radical (unpaired) electrons. The number of aliphatic hydroxyl groups is 2. The molecule has 0 aromatic carbocycles. The second kappa shape index (κ2) is 3.05. The molecule has 4 nitrogen and oxygen atoms in total. The van der Waals surface area contributed by atoms with Gasteiger partial charge in [-0.25, -0.2) is 0 Å². The first-order chi connectivity index (χ1) is 7.81. The highest BCUT2D eigenvalue weighted by atomic mass is 16.3. The van der Waals surface area contributed by atoms with Crippen LogP contribution in [0.2, 0.25) is 0 Å². The van der Waals surface area contributed by atoms with Crippen molar-refractivity contribution in [2.75, 3.05) is 0 Å². The lowest BCUT2D eigenvalue weighted by molar-refractivity contribution is -0.150.